The van der Waals surface area contributed by atoms with Gasteiger partial charge in [0, 0.05) is 18.7 Å². The van der Waals surface area contributed by atoms with Gasteiger partial charge in [0.25, 0.3) is 0 Å². The molecule has 0 saturated carbocycles. The van der Waals surface area contributed by atoms with Gasteiger partial charge in [-0.15, -0.1) is 0 Å². The number of aliphatic hydroxyl groups excluding tert-OH is 1. The average molecular weight is 303 g/mol. The molecule has 1 aromatic carbocycles. The minimum Gasteiger partial charge on any atom is -0.386 e. The maximum atomic E-state index is 12.9. The molecule has 0 radical (unpaired) electrons. The van der Waals surface area contributed by atoms with Gasteiger partial charge < -0.3 is 16.2 Å². The lowest BCUT2D eigenvalue weighted by Crippen LogP contribution is -2.39. The number of benzene rings is 1. The van der Waals surface area contributed by atoms with Crippen molar-refractivity contribution in [2.24, 2.45) is 0 Å². The molecule has 6 heteroatoms. The van der Waals surface area contributed by atoms with Crippen molar-refractivity contribution in [3.63, 3.8) is 0 Å². The van der Waals surface area contributed by atoms with Gasteiger partial charge in [0.1, 0.15) is 18.6 Å². The number of nitrogens with two attached hydrogens (primary N) is 1. The zero-order valence-corrected chi connectivity index (χ0v) is 12.2. The molecule has 22 heavy (non-hydrogen) atoms. The number of aromatic nitrogens is 1. The molecule has 1 amide bonds. The summed E-state index contributed by atoms with van der Waals surface area (Å²) in [7, 11) is 0. The number of alkyl halides is 1. The Labute approximate surface area is 128 Å². The number of pyridine rings is 1. The number of amides is 1. The summed E-state index contributed by atoms with van der Waals surface area (Å²) in [5.74, 6) is 0.0585. The Morgan fingerprint density at radius 1 is 1.27 bits per heavy atom. The van der Waals surface area contributed by atoms with Crippen LogP contribution in [0, 0.1) is 0 Å². The molecule has 1 heterocycles. The molecule has 2 aromatic rings. The molecule has 0 aliphatic rings. The van der Waals surface area contributed by atoms with Crippen LogP contribution in [0.5, 0.6) is 0 Å². The fraction of sp³-hybridized carbons (Fsp3) is 0.250. The number of carbonyl (C=O) groups is 1. The number of nitrogen functional groups attached to an aromatic ring is 1. The molecule has 0 spiro atoms. The molecule has 0 bridgehead atoms. The molecular formula is C16H18FN3O2. The highest BCUT2D eigenvalue weighted by Gasteiger charge is 2.21. The van der Waals surface area contributed by atoms with E-state index in [1.54, 1.807) is 36.5 Å². The number of nitrogens with zero attached hydrogens (tertiary/aromatic N) is 1. The number of hydrogen-bond donors (Lipinski definition) is 3. The van der Waals surface area contributed by atoms with E-state index in [4.69, 9.17) is 5.73 Å². The highest BCUT2D eigenvalue weighted by Crippen LogP contribution is 2.23. The van der Waals surface area contributed by atoms with Crippen molar-refractivity contribution in [1.29, 1.82) is 0 Å². The van der Waals surface area contributed by atoms with Crippen molar-refractivity contribution in [3.05, 3.63) is 48.2 Å². The van der Waals surface area contributed by atoms with Crippen LogP contribution in [0.2, 0.25) is 0 Å². The van der Waals surface area contributed by atoms with Crippen LogP contribution in [-0.2, 0) is 4.79 Å². The third-order valence-corrected chi connectivity index (χ3v) is 3.31. The second-order valence-corrected chi connectivity index (χ2v) is 5.00. The van der Waals surface area contributed by atoms with Crippen molar-refractivity contribution in [3.8, 4) is 11.1 Å². The van der Waals surface area contributed by atoms with Crippen molar-refractivity contribution < 1.29 is 14.3 Å². The van der Waals surface area contributed by atoms with E-state index in [0.29, 0.717) is 11.4 Å². The maximum absolute atomic E-state index is 12.9. The summed E-state index contributed by atoms with van der Waals surface area (Å²) in [5.41, 5.74) is 7.86. The van der Waals surface area contributed by atoms with Crippen LogP contribution in [0.1, 0.15) is 18.6 Å². The van der Waals surface area contributed by atoms with E-state index in [0.717, 1.165) is 11.1 Å². The topological polar surface area (TPSA) is 88.2 Å². The fourth-order valence-electron chi connectivity index (χ4n) is 2.14. The quantitative estimate of drug-likeness (QED) is 0.786. The first-order valence-corrected chi connectivity index (χ1v) is 6.84. The molecule has 0 fully saturated rings. The zero-order valence-electron chi connectivity index (χ0n) is 12.2. The molecule has 0 saturated heterocycles. The molecule has 4 N–H and O–H groups in total. The molecular weight excluding hydrogens is 285 g/mol. The van der Waals surface area contributed by atoms with Gasteiger partial charge in [-0.1, -0.05) is 24.3 Å². The van der Waals surface area contributed by atoms with Gasteiger partial charge in [0.2, 0.25) is 5.91 Å². The SMILES string of the molecule is CC(=O)N[C@H](CF)[C@H](O)c1ccc(-c2ccc(N)nc2)cc1. The normalized spacial score (nSPS) is 13.4. The minimum atomic E-state index is -1.10. The molecule has 0 aliphatic heterocycles. The third-order valence-electron chi connectivity index (χ3n) is 3.31. The first kappa shape index (κ1) is 15.9. The van der Waals surface area contributed by atoms with Crippen LogP contribution >= 0.6 is 0 Å². The number of anilines is 1. The van der Waals surface area contributed by atoms with Crippen LogP contribution in [0.15, 0.2) is 42.6 Å². The van der Waals surface area contributed by atoms with Crippen molar-refractivity contribution in [2.45, 2.75) is 19.1 Å². The number of nitrogens with one attached hydrogen (secondary N) is 1. The Bertz CT molecular complexity index is 629. The van der Waals surface area contributed by atoms with E-state index >= 15 is 0 Å². The van der Waals surface area contributed by atoms with Crippen LogP contribution < -0.4 is 11.1 Å². The summed E-state index contributed by atoms with van der Waals surface area (Å²) in [6.07, 6.45) is 0.551. The standard InChI is InChI=1S/C16H18FN3O2/c1-10(21)20-14(8-17)16(22)12-4-2-11(3-5-12)13-6-7-15(18)19-9-13/h2-7,9,14,16,22H,8H2,1H3,(H2,18,19)(H,20,21)/t14-,16-/m1/s1. The van der Waals surface area contributed by atoms with Gasteiger partial charge in [-0.25, -0.2) is 9.37 Å². The van der Waals surface area contributed by atoms with Gasteiger partial charge in [-0.3, -0.25) is 4.79 Å². The Morgan fingerprint density at radius 2 is 1.91 bits per heavy atom. The van der Waals surface area contributed by atoms with E-state index in [1.807, 2.05) is 6.07 Å². The number of carbonyl (C=O) groups excluding carboxylic acids is 1. The largest absolute Gasteiger partial charge is 0.386 e. The fourth-order valence-corrected chi connectivity index (χ4v) is 2.14. The number of aliphatic hydroxyl groups is 1. The summed E-state index contributed by atoms with van der Waals surface area (Å²) in [5, 5.41) is 12.5. The number of rotatable bonds is 5. The Kier molecular flexibility index (Phi) is 5.06. The molecule has 5 nitrogen and oxygen atoms in total. The van der Waals surface area contributed by atoms with Crippen LogP contribution in [0.4, 0.5) is 10.2 Å². The van der Waals surface area contributed by atoms with Gasteiger partial charge in [-0.2, -0.15) is 0 Å². The van der Waals surface area contributed by atoms with E-state index in [2.05, 4.69) is 10.3 Å². The number of halogens is 1. The van der Waals surface area contributed by atoms with Gasteiger partial charge in [0.15, 0.2) is 0 Å². The summed E-state index contributed by atoms with van der Waals surface area (Å²) < 4.78 is 12.9. The van der Waals surface area contributed by atoms with Gasteiger partial charge >= 0.3 is 0 Å². The zero-order chi connectivity index (χ0) is 16.1. The molecule has 0 unspecified atom stereocenters. The molecule has 2 rings (SSSR count). The lowest BCUT2D eigenvalue weighted by atomic mass is 9.99. The first-order chi connectivity index (χ1) is 10.5. The second kappa shape index (κ2) is 7.00. The summed E-state index contributed by atoms with van der Waals surface area (Å²) >= 11 is 0. The Balaban J connectivity index is 2.17. The van der Waals surface area contributed by atoms with E-state index in [9.17, 15) is 14.3 Å². The predicted molar refractivity (Wildman–Crippen MR) is 82.6 cm³/mol. The van der Waals surface area contributed by atoms with Crippen LogP contribution in [0.3, 0.4) is 0 Å². The van der Waals surface area contributed by atoms with Crippen molar-refractivity contribution in [1.82, 2.24) is 10.3 Å². The van der Waals surface area contributed by atoms with E-state index in [1.165, 1.54) is 6.92 Å². The number of hydrogen-bond acceptors (Lipinski definition) is 4. The van der Waals surface area contributed by atoms with Crippen molar-refractivity contribution >= 4 is 11.7 Å². The van der Waals surface area contributed by atoms with E-state index < -0.39 is 18.8 Å². The minimum absolute atomic E-state index is 0.383. The van der Waals surface area contributed by atoms with Crippen LogP contribution in [0.25, 0.3) is 11.1 Å². The second-order valence-electron chi connectivity index (χ2n) is 5.00. The first-order valence-electron chi connectivity index (χ1n) is 6.84. The smallest absolute Gasteiger partial charge is 0.217 e. The molecule has 1 aromatic heterocycles. The molecule has 2 atom stereocenters. The highest BCUT2D eigenvalue weighted by molar-refractivity contribution is 5.73. The Hall–Kier alpha value is -2.47. The highest BCUT2D eigenvalue weighted by atomic mass is 19.1. The maximum Gasteiger partial charge on any atom is 0.217 e. The van der Waals surface area contributed by atoms with E-state index in [-0.39, 0.29) is 5.91 Å². The average Bonchev–Trinajstić information content (AvgIpc) is 2.52. The lowest BCUT2D eigenvalue weighted by molar-refractivity contribution is -0.120. The van der Waals surface area contributed by atoms with Crippen molar-refractivity contribution in [2.75, 3.05) is 12.4 Å². The predicted octanol–water partition coefficient (Wildman–Crippen LogP) is 1.84. The lowest BCUT2D eigenvalue weighted by Gasteiger charge is -2.21. The monoisotopic (exact) mass is 303 g/mol. The third kappa shape index (κ3) is 3.79. The summed E-state index contributed by atoms with van der Waals surface area (Å²) in [4.78, 5) is 15.0. The summed E-state index contributed by atoms with van der Waals surface area (Å²) in [6, 6.07) is 9.58. The van der Waals surface area contributed by atoms with Gasteiger partial charge in [-0.05, 0) is 23.3 Å². The Morgan fingerprint density at radius 3 is 2.41 bits per heavy atom. The van der Waals surface area contributed by atoms with Crippen LogP contribution in [-0.4, -0.2) is 28.7 Å². The molecule has 0 aliphatic carbocycles. The van der Waals surface area contributed by atoms with Gasteiger partial charge in [0.05, 0.1) is 6.04 Å². The summed E-state index contributed by atoms with van der Waals surface area (Å²) in [6.45, 7) is 0.441. The molecule has 116 valence electrons.